The van der Waals surface area contributed by atoms with Gasteiger partial charge < -0.3 is 14.8 Å². The Kier molecular flexibility index (Phi) is 7.13. The van der Waals surface area contributed by atoms with Gasteiger partial charge >= 0.3 is 0 Å². The van der Waals surface area contributed by atoms with Crippen molar-refractivity contribution in [3.63, 3.8) is 0 Å². The number of rotatable bonds is 7. The smallest absolute Gasteiger partial charge is 0.228 e. The van der Waals surface area contributed by atoms with Gasteiger partial charge in [0, 0.05) is 5.69 Å². The number of hydrazone groups is 1. The van der Waals surface area contributed by atoms with Gasteiger partial charge in [-0.25, -0.2) is 4.39 Å². The fourth-order valence-corrected chi connectivity index (χ4v) is 2.74. The van der Waals surface area contributed by atoms with Crippen molar-refractivity contribution < 1.29 is 19.0 Å². The lowest BCUT2D eigenvalue weighted by Crippen LogP contribution is -2.82. The summed E-state index contributed by atoms with van der Waals surface area (Å²) < 4.78 is 24.4. The van der Waals surface area contributed by atoms with Gasteiger partial charge in [0.15, 0.2) is 11.5 Å². The third-order valence-electron chi connectivity index (χ3n) is 3.97. The Morgan fingerprint density at radius 1 is 1.03 bits per heavy atom. The largest absolute Gasteiger partial charge is 0.493 e. The molecule has 3 aromatic rings. The van der Waals surface area contributed by atoms with E-state index in [4.69, 9.17) is 21.7 Å². The first-order chi connectivity index (χ1) is 14.2. The first kappa shape index (κ1) is 20.3. The molecule has 0 saturated carbocycles. The van der Waals surface area contributed by atoms with Gasteiger partial charge in [-0.2, -0.15) is 0 Å². The van der Waals surface area contributed by atoms with E-state index in [9.17, 15) is 4.39 Å². The minimum atomic E-state index is -0.282. The van der Waals surface area contributed by atoms with E-state index in [-0.39, 0.29) is 12.4 Å². The highest BCUT2D eigenvalue weighted by molar-refractivity contribution is 7.80. The molecular formula is C22H21FN3O2S+. The van der Waals surface area contributed by atoms with Crippen molar-refractivity contribution >= 4 is 29.2 Å². The van der Waals surface area contributed by atoms with Crippen LogP contribution in [0.5, 0.6) is 11.5 Å². The fourth-order valence-electron chi connectivity index (χ4n) is 2.56. The number of benzene rings is 3. The van der Waals surface area contributed by atoms with E-state index in [1.807, 2.05) is 48.5 Å². The molecule has 0 aliphatic rings. The first-order valence-electron chi connectivity index (χ1n) is 8.91. The number of para-hydroxylation sites is 2. The van der Waals surface area contributed by atoms with Gasteiger partial charge in [0.1, 0.15) is 12.4 Å². The minimum Gasteiger partial charge on any atom is -0.493 e. The minimum absolute atomic E-state index is 0.281. The number of ether oxygens (including phenoxy) is 2. The van der Waals surface area contributed by atoms with Gasteiger partial charge in [0.2, 0.25) is 11.3 Å². The molecule has 0 amide bonds. The molecule has 5 nitrogen and oxygen atoms in total. The van der Waals surface area contributed by atoms with E-state index in [1.54, 1.807) is 25.5 Å². The Labute approximate surface area is 174 Å². The van der Waals surface area contributed by atoms with Gasteiger partial charge in [0.25, 0.3) is 0 Å². The average Bonchev–Trinajstić information content (AvgIpc) is 2.74. The van der Waals surface area contributed by atoms with Gasteiger partial charge in [-0.05, 0) is 54.2 Å². The summed E-state index contributed by atoms with van der Waals surface area (Å²) in [6.45, 7) is 0.281. The van der Waals surface area contributed by atoms with Gasteiger partial charge in [0.05, 0.1) is 12.7 Å². The van der Waals surface area contributed by atoms with Crippen molar-refractivity contribution in [2.75, 3.05) is 12.4 Å². The van der Waals surface area contributed by atoms with Crippen LogP contribution in [0.15, 0.2) is 72.8 Å². The SMILES string of the molecule is COc1cccc(C=[NH+]NC(=S)Nc2ccccc2)c1OCc1ccc(F)cc1. The summed E-state index contributed by atoms with van der Waals surface area (Å²) in [6, 6.07) is 21.3. The van der Waals surface area contributed by atoms with E-state index in [0.717, 1.165) is 16.8 Å². The van der Waals surface area contributed by atoms with Crippen LogP contribution < -0.4 is 25.3 Å². The number of hydrazine groups is 1. The molecule has 0 bridgehead atoms. The average molecular weight is 410 g/mol. The summed E-state index contributed by atoms with van der Waals surface area (Å²) >= 11 is 5.27. The molecular weight excluding hydrogens is 389 g/mol. The van der Waals surface area contributed by atoms with Crippen molar-refractivity contribution in [3.05, 3.63) is 89.7 Å². The maximum atomic E-state index is 13.1. The molecule has 3 aromatic carbocycles. The summed E-state index contributed by atoms with van der Waals surface area (Å²) in [5, 5.41) is 6.44. The molecule has 29 heavy (non-hydrogen) atoms. The number of methoxy groups -OCH3 is 1. The van der Waals surface area contributed by atoms with Crippen LogP contribution >= 0.6 is 12.2 Å². The molecule has 148 valence electrons. The molecule has 0 atom stereocenters. The van der Waals surface area contributed by atoms with Crippen LogP contribution in [0.1, 0.15) is 11.1 Å². The highest BCUT2D eigenvalue weighted by Gasteiger charge is 2.12. The number of thiocarbonyl (C=S) groups is 1. The second kappa shape index (κ2) is 10.2. The second-order valence-electron chi connectivity index (χ2n) is 6.03. The van der Waals surface area contributed by atoms with Crippen LogP contribution in [0.25, 0.3) is 0 Å². The second-order valence-corrected chi connectivity index (χ2v) is 6.44. The lowest BCUT2D eigenvalue weighted by Gasteiger charge is -2.12. The summed E-state index contributed by atoms with van der Waals surface area (Å²) in [4.78, 5) is 0. The molecule has 0 radical (unpaired) electrons. The third-order valence-corrected chi connectivity index (χ3v) is 4.17. The van der Waals surface area contributed by atoms with E-state index in [2.05, 4.69) is 15.8 Å². The molecule has 0 spiro atoms. The predicted octanol–water partition coefficient (Wildman–Crippen LogP) is 2.81. The number of anilines is 1. The van der Waals surface area contributed by atoms with Crippen LogP contribution in [0.2, 0.25) is 0 Å². The molecule has 0 unspecified atom stereocenters. The monoisotopic (exact) mass is 410 g/mol. The highest BCUT2D eigenvalue weighted by Crippen LogP contribution is 2.30. The van der Waals surface area contributed by atoms with Crippen molar-refractivity contribution in [1.29, 1.82) is 0 Å². The normalized spacial score (nSPS) is 10.6. The quantitative estimate of drug-likeness (QED) is 0.318. The first-order valence-corrected chi connectivity index (χ1v) is 9.31. The van der Waals surface area contributed by atoms with E-state index in [1.165, 1.54) is 12.1 Å². The number of halogens is 1. The van der Waals surface area contributed by atoms with Crippen LogP contribution in [-0.4, -0.2) is 18.4 Å². The Morgan fingerprint density at radius 2 is 1.79 bits per heavy atom. The standard InChI is InChI=1S/C22H20FN3O2S/c1-27-20-9-5-6-17(21(20)28-15-16-10-12-18(23)13-11-16)14-24-26-22(29)25-19-7-3-2-4-8-19/h2-14H,15H2,1H3,(H2,25,26,29)/p+1. The van der Waals surface area contributed by atoms with Crippen LogP contribution in [-0.2, 0) is 6.61 Å². The van der Waals surface area contributed by atoms with Crippen molar-refractivity contribution in [2.24, 2.45) is 0 Å². The van der Waals surface area contributed by atoms with E-state index < -0.39 is 0 Å². The summed E-state index contributed by atoms with van der Waals surface area (Å²) in [5.41, 5.74) is 5.40. The number of nitrogens with one attached hydrogen (secondary N) is 3. The Balaban J connectivity index is 1.67. The van der Waals surface area contributed by atoms with E-state index in [0.29, 0.717) is 16.6 Å². The lowest BCUT2D eigenvalue weighted by molar-refractivity contribution is -0.499. The predicted molar refractivity (Wildman–Crippen MR) is 116 cm³/mol. The maximum Gasteiger partial charge on any atom is 0.228 e. The summed E-state index contributed by atoms with van der Waals surface area (Å²) in [7, 11) is 1.58. The molecule has 7 heteroatoms. The highest BCUT2D eigenvalue weighted by atomic mass is 32.1. The van der Waals surface area contributed by atoms with Crippen molar-refractivity contribution in [3.8, 4) is 11.5 Å². The zero-order valence-electron chi connectivity index (χ0n) is 15.8. The molecule has 3 N–H and O–H groups in total. The van der Waals surface area contributed by atoms with Gasteiger partial charge in [-0.15, -0.1) is 10.5 Å². The molecule has 0 aromatic heterocycles. The molecule has 0 fully saturated rings. The fraction of sp³-hybridized carbons (Fsp3) is 0.0909. The van der Waals surface area contributed by atoms with Gasteiger partial charge in [-0.3, -0.25) is 0 Å². The van der Waals surface area contributed by atoms with Crippen LogP contribution in [0.4, 0.5) is 10.1 Å². The third kappa shape index (κ3) is 6.02. The lowest BCUT2D eigenvalue weighted by atomic mass is 10.2. The Morgan fingerprint density at radius 3 is 2.52 bits per heavy atom. The Hall–Kier alpha value is -3.45. The molecule has 0 aliphatic carbocycles. The Bertz CT molecular complexity index is 979. The summed E-state index contributed by atoms with van der Waals surface area (Å²) in [5.74, 6) is 0.874. The summed E-state index contributed by atoms with van der Waals surface area (Å²) in [6.07, 6.45) is 1.72. The van der Waals surface area contributed by atoms with Crippen molar-refractivity contribution in [1.82, 2.24) is 5.43 Å². The van der Waals surface area contributed by atoms with Crippen molar-refractivity contribution in [2.45, 2.75) is 6.61 Å². The molecule has 0 saturated heterocycles. The molecule has 0 aliphatic heterocycles. The zero-order chi connectivity index (χ0) is 20.5. The van der Waals surface area contributed by atoms with Crippen LogP contribution in [0, 0.1) is 5.82 Å². The number of hydrogen-bond donors (Lipinski definition) is 3. The number of hydrogen-bond acceptors (Lipinski definition) is 3. The molecule has 0 heterocycles. The topological polar surface area (TPSA) is 56.5 Å². The molecule has 3 rings (SSSR count). The van der Waals surface area contributed by atoms with Gasteiger partial charge in [-0.1, -0.05) is 36.4 Å². The van der Waals surface area contributed by atoms with E-state index >= 15 is 0 Å². The van der Waals surface area contributed by atoms with Crippen LogP contribution in [0.3, 0.4) is 0 Å². The zero-order valence-corrected chi connectivity index (χ0v) is 16.6. The maximum absolute atomic E-state index is 13.1.